The molecule has 0 radical (unpaired) electrons. The van der Waals surface area contributed by atoms with Crippen molar-refractivity contribution in [1.29, 1.82) is 0 Å². The van der Waals surface area contributed by atoms with Gasteiger partial charge in [0.15, 0.2) is 5.76 Å². The summed E-state index contributed by atoms with van der Waals surface area (Å²) in [4.78, 5) is 14.8. The quantitative estimate of drug-likeness (QED) is 0.721. The van der Waals surface area contributed by atoms with Crippen molar-refractivity contribution < 1.29 is 26.9 Å². The largest absolute Gasteiger partial charge is 0.378 e. The first-order valence-corrected chi connectivity index (χ1v) is 12.1. The van der Waals surface area contributed by atoms with Crippen LogP contribution in [-0.4, -0.2) is 63.2 Å². The predicted octanol–water partition coefficient (Wildman–Crippen LogP) is 2.31. The first-order chi connectivity index (χ1) is 15.3. The average Bonchev–Trinajstić information content (AvgIpc) is 3.13. The Labute approximate surface area is 186 Å². The number of nitrogens with one attached hydrogen (secondary N) is 1. The average molecular weight is 467 g/mol. The Morgan fingerprint density at radius 2 is 1.97 bits per heavy atom. The van der Waals surface area contributed by atoms with Crippen LogP contribution in [0.25, 0.3) is 0 Å². The lowest BCUT2D eigenvalue weighted by Gasteiger charge is -2.31. The van der Waals surface area contributed by atoms with Crippen molar-refractivity contribution in [3.05, 3.63) is 35.5 Å². The fourth-order valence-electron chi connectivity index (χ4n) is 4.24. The molecule has 1 amide bonds. The van der Waals surface area contributed by atoms with Gasteiger partial charge in [0.1, 0.15) is 16.4 Å². The summed E-state index contributed by atoms with van der Waals surface area (Å²) in [6, 6.07) is 4.60. The Bertz CT molecular complexity index is 1080. The third-order valence-electron chi connectivity index (χ3n) is 5.89. The summed E-state index contributed by atoms with van der Waals surface area (Å²) in [6.07, 6.45) is 1.10. The lowest BCUT2D eigenvalue weighted by molar-refractivity contribution is -0.120. The normalized spacial score (nSPS) is 20.3. The van der Waals surface area contributed by atoms with E-state index < -0.39 is 21.8 Å². The summed E-state index contributed by atoms with van der Waals surface area (Å²) in [5.74, 6) is -1.07. The van der Waals surface area contributed by atoms with Crippen LogP contribution in [0.1, 0.15) is 24.3 Å². The van der Waals surface area contributed by atoms with Crippen molar-refractivity contribution in [2.45, 2.75) is 31.6 Å². The molecule has 2 saturated heterocycles. The highest BCUT2D eigenvalue weighted by Gasteiger charge is 2.36. The van der Waals surface area contributed by atoms with Crippen LogP contribution in [0.4, 0.5) is 15.8 Å². The Hall–Kier alpha value is -2.50. The number of aryl methyl sites for hydroxylation is 2. The minimum atomic E-state index is -3.82. The molecular formula is C21H27FN4O5S. The molecule has 2 fully saturated rings. The van der Waals surface area contributed by atoms with E-state index in [1.54, 1.807) is 26.0 Å². The van der Waals surface area contributed by atoms with Crippen LogP contribution in [-0.2, 0) is 19.6 Å². The maximum Gasteiger partial charge on any atom is 0.248 e. The Morgan fingerprint density at radius 1 is 1.22 bits per heavy atom. The molecular weight excluding hydrogens is 439 g/mol. The van der Waals surface area contributed by atoms with Gasteiger partial charge in [-0.05, 0) is 44.9 Å². The third kappa shape index (κ3) is 4.50. The van der Waals surface area contributed by atoms with E-state index in [0.717, 1.165) is 0 Å². The van der Waals surface area contributed by atoms with E-state index in [9.17, 15) is 17.6 Å². The molecule has 2 aromatic rings. The van der Waals surface area contributed by atoms with Crippen LogP contribution in [0, 0.1) is 25.6 Å². The Kier molecular flexibility index (Phi) is 6.50. The number of ether oxygens (including phenoxy) is 1. The molecule has 1 aromatic carbocycles. The zero-order chi connectivity index (χ0) is 22.9. The third-order valence-corrected chi connectivity index (χ3v) is 8.00. The number of carbonyl (C=O) groups is 1. The number of amides is 1. The fourth-order valence-corrected chi connectivity index (χ4v) is 6.05. The summed E-state index contributed by atoms with van der Waals surface area (Å²) < 4.78 is 52.4. The number of anilines is 2. The smallest absolute Gasteiger partial charge is 0.248 e. The number of morpholine rings is 1. The standard InChI is InChI=1S/C21H27FN4O5S/c1-14-20(15(2)31-24-14)32(28,29)26-7-3-4-16(13-26)21(27)23-17-5-6-19(18(22)12-17)25-8-10-30-11-9-25/h5-6,12,16H,3-4,7-11,13H2,1-2H3,(H,23,27). The van der Waals surface area contributed by atoms with Crippen molar-refractivity contribution in [2.75, 3.05) is 49.6 Å². The number of rotatable bonds is 5. The predicted molar refractivity (Wildman–Crippen MR) is 116 cm³/mol. The van der Waals surface area contributed by atoms with Gasteiger partial charge in [0.05, 0.1) is 24.8 Å². The van der Waals surface area contributed by atoms with Crippen LogP contribution in [0.3, 0.4) is 0 Å². The Balaban J connectivity index is 1.44. The lowest BCUT2D eigenvalue weighted by Crippen LogP contribution is -2.43. The van der Waals surface area contributed by atoms with Crippen molar-refractivity contribution in [1.82, 2.24) is 9.46 Å². The summed E-state index contributed by atoms with van der Waals surface area (Å²) in [6.45, 7) is 5.81. The van der Waals surface area contributed by atoms with Crippen LogP contribution in [0.2, 0.25) is 0 Å². The SMILES string of the molecule is Cc1noc(C)c1S(=O)(=O)N1CCCC(C(=O)Nc2ccc(N3CCOCC3)c(F)c2)C1. The van der Waals surface area contributed by atoms with E-state index in [4.69, 9.17) is 9.26 Å². The number of halogens is 1. The monoisotopic (exact) mass is 466 g/mol. The summed E-state index contributed by atoms with van der Waals surface area (Å²) in [5, 5.41) is 6.47. The molecule has 0 saturated carbocycles. The van der Waals surface area contributed by atoms with E-state index in [-0.39, 0.29) is 23.1 Å². The van der Waals surface area contributed by atoms with Gasteiger partial charge in [0.25, 0.3) is 0 Å². The molecule has 0 aliphatic carbocycles. The van der Waals surface area contributed by atoms with Gasteiger partial charge in [-0.3, -0.25) is 4.79 Å². The molecule has 2 aliphatic rings. The molecule has 1 atom stereocenters. The van der Waals surface area contributed by atoms with Crippen molar-refractivity contribution >= 4 is 27.3 Å². The van der Waals surface area contributed by atoms with Crippen LogP contribution >= 0.6 is 0 Å². The van der Waals surface area contributed by atoms with Gasteiger partial charge in [-0.15, -0.1) is 0 Å². The number of hydrogen-bond acceptors (Lipinski definition) is 7. The molecule has 32 heavy (non-hydrogen) atoms. The Morgan fingerprint density at radius 3 is 2.62 bits per heavy atom. The van der Waals surface area contributed by atoms with Crippen LogP contribution < -0.4 is 10.2 Å². The fraction of sp³-hybridized carbons (Fsp3) is 0.524. The second-order valence-electron chi connectivity index (χ2n) is 8.11. The zero-order valence-electron chi connectivity index (χ0n) is 18.1. The van der Waals surface area contributed by atoms with E-state index >= 15 is 0 Å². The van der Waals surface area contributed by atoms with Crippen LogP contribution in [0.5, 0.6) is 0 Å². The second-order valence-corrected chi connectivity index (χ2v) is 9.99. The first kappa shape index (κ1) is 22.7. The number of piperidine rings is 1. The highest BCUT2D eigenvalue weighted by atomic mass is 32.2. The topological polar surface area (TPSA) is 105 Å². The van der Waals surface area contributed by atoms with Gasteiger partial charge < -0.3 is 19.5 Å². The minimum Gasteiger partial charge on any atom is -0.378 e. The van der Waals surface area contributed by atoms with Gasteiger partial charge >= 0.3 is 0 Å². The molecule has 1 N–H and O–H groups in total. The molecule has 0 bridgehead atoms. The van der Waals surface area contributed by atoms with Gasteiger partial charge in [-0.1, -0.05) is 5.16 Å². The van der Waals surface area contributed by atoms with E-state index in [2.05, 4.69) is 10.5 Å². The number of sulfonamides is 1. The van der Waals surface area contributed by atoms with Crippen molar-refractivity contribution in [3.8, 4) is 0 Å². The summed E-state index contributed by atoms with van der Waals surface area (Å²) in [7, 11) is -3.82. The zero-order valence-corrected chi connectivity index (χ0v) is 19.0. The van der Waals surface area contributed by atoms with Gasteiger partial charge in [0.2, 0.25) is 15.9 Å². The van der Waals surface area contributed by atoms with E-state index in [1.807, 2.05) is 4.90 Å². The maximum atomic E-state index is 14.6. The highest BCUT2D eigenvalue weighted by molar-refractivity contribution is 7.89. The summed E-state index contributed by atoms with van der Waals surface area (Å²) >= 11 is 0. The molecule has 9 nitrogen and oxygen atoms in total. The maximum absolute atomic E-state index is 14.6. The van der Waals surface area contributed by atoms with Gasteiger partial charge in [-0.25, -0.2) is 12.8 Å². The number of hydrogen-bond donors (Lipinski definition) is 1. The molecule has 1 unspecified atom stereocenters. The lowest BCUT2D eigenvalue weighted by atomic mass is 9.98. The van der Waals surface area contributed by atoms with Gasteiger partial charge in [0, 0.05) is 31.9 Å². The second kappa shape index (κ2) is 9.16. The van der Waals surface area contributed by atoms with E-state index in [1.165, 1.54) is 10.4 Å². The van der Waals surface area contributed by atoms with Crippen LogP contribution in [0.15, 0.2) is 27.6 Å². The number of carbonyl (C=O) groups excluding carboxylic acids is 1. The highest BCUT2D eigenvalue weighted by Crippen LogP contribution is 2.29. The minimum absolute atomic E-state index is 0.0482. The molecule has 11 heteroatoms. The number of nitrogens with zero attached hydrogens (tertiary/aromatic N) is 3. The first-order valence-electron chi connectivity index (χ1n) is 10.6. The number of aromatic nitrogens is 1. The van der Waals surface area contributed by atoms with E-state index in [0.29, 0.717) is 62.8 Å². The molecule has 174 valence electrons. The summed E-state index contributed by atoms with van der Waals surface area (Å²) in [5.41, 5.74) is 1.11. The number of benzene rings is 1. The molecule has 3 heterocycles. The molecule has 1 aromatic heterocycles. The molecule has 0 spiro atoms. The van der Waals surface area contributed by atoms with Crippen molar-refractivity contribution in [3.63, 3.8) is 0 Å². The van der Waals surface area contributed by atoms with Gasteiger partial charge in [-0.2, -0.15) is 4.31 Å². The molecule has 4 rings (SSSR count). The van der Waals surface area contributed by atoms with Crippen molar-refractivity contribution in [2.24, 2.45) is 5.92 Å². The molecule has 2 aliphatic heterocycles.